The minimum Gasteiger partial charge on any atom is -0.493 e. The Kier molecular flexibility index (Phi) is 4.10. The average molecular weight is 349 g/mol. The molecule has 1 aromatic heterocycles. The van der Waals surface area contributed by atoms with Crippen molar-refractivity contribution in [1.82, 2.24) is 9.97 Å². The van der Waals surface area contributed by atoms with Gasteiger partial charge in [0.1, 0.15) is 16.0 Å². The van der Waals surface area contributed by atoms with Crippen LogP contribution in [0, 0.1) is 0 Å². The molecule has 1 aliphatic heterocycles. The van der Waals surface area contributed by atoms with Gasteiger partial charge in [0, 0.05) is 0 Å². The van der Waals surface area contributed by atoms with Crippen LogP contribution in [0.3, 0.4) is 0 Å². The maximum absolute atomic E-state index is 12.0. The van der Waals surface area contributed by atoms with Gasteiger partial charge in [-0.1, -0.05) is 31.5 Å². The van der Waals surface area contributed by atoms with E-state index in [4.69, 9.17) is 4.74 Å². The summed E-state index contributed by atoms with van der Waals surface area (Å²) in [6.45, 7) is 2.63. The number of ether oxygens (including phenoxy) is 1. The molecule has 5 heteroatoms. The van der Waals surface area contributed by atoms with E-state index in [1.165, 1.54) is 0 Å². The summed E-state index contributed by atoms with van der Waals surface area (Å²) in [5.41, 5.74) is 1.88. The molecule has 0 spiro atoms. The maximum atomic E-state index is 12.0. The molecule has 1 aromatic carbocycles. The topological polar surface area (TPSA) is 55.0 Å². The number of halogens is 1. The molecule has 2 heterocycles. The summed E-state index contributed by atoms with van der Waals surface area (Å²) in [6.07, 6.45) is 2.59. The number of rotatable bonds is 3. The van der Waals surface area contributed by atoms with Gasteiger partial charge in [-0.25, -0.2) is 4.98 Å². The summed E-state index contributed by atoms with van der Waals surface area (Å²) in [4.78, 5) is 19.6. The van der Waals surface area contributed by atoms with Crippen LogP contribution in [0.4, 0.5) is 0 Å². The minimum atomic E-state index is -0.109. The van der Waals surface area contributed by atoms with E-state index in [0.717, 1.165) is 42.1 Å². The van der Waals surface area contributed by atoms with Crippen molar-refractivity contribution < 1.29 is 4.74 Å². The van der Waals surface area contributed by atoms with Crippen molar-refractivity contribution in [3.05, 3.63) is 56.2 Å². The van der Waals surface area contributed by atoms with E-state index in [0.29, 0.717) is 11.1 Å². The van der Waals surface area contributed by atoms with Gasteiger partial charge in [0.2, 0.25) is 0 Å². The zero-order chi connectivity index (χ0) is 14.8. The molecule has 1 aliphatic rings. The Morgan fingerprint density at radius 3 is 3.05 bits per heavy atom. The van der Waals surface area contributed by atoms with Crippen LogP contribution in [0.15, 0.2) is 33.5 Å². The largest absolute Gasteiger partial charge is 0.493 e. The highest BCUT2D eigenvalue weighted by Crippen LogP contribution is 2.30. The van der Waals surface area contributed by atoms with E-state index in [1.54, 1.807) is 0 Å². The molecule has 0 bridgehead atoms. The Bertz CT molecular complexity index is 712. The number of aromatic nitrogens is 2. The molecular formula is C16H17BrN2O2. The molecule has 0 saturated carbocycles. The van der Waals surface area contributed by atoms with Crippen LogP contribution in [0.5, 0.6) is 5.75 Å². The predicted octanol–water partition coefficient (Wildman–Crippen LogP) is 3.20. The molecule has 1 atom stereocenters. The Balaban J connectivity index is 1.93. The van der Waals surface area contributed by atoms with Gasteiger partial charge in [-0.2, -0.15) is 0 Å². The Labute approximate surface area is 131 Å². The number of nitrogens with one attached hydrogen (secondary N) is 1. The smallest absolute Gasteiger partial charge is 0.265 e. The van der Waals surface area contributed by atoms with Crippen LogP contribution in [-0.4, -0.2) is 16.6 Å². The van der Waals surface area contributed by atoms with E-state index < -0.39 is 0 Å². The minimum absolute atomic E-state index is 0.0938. The zero-order valence-corrected chi connectivity index (χ0v) is 13.4. The first-order valence-corrected chi connectivity index (χ1v) is 7.97. The molecular weight excluding hydrogens is 332 g/mol. The monoisotopic (exact) mass is 348 g/mol. The Morgan fingerprint density at radius 2 is 2.24 bits per heavy atom. The van der Waals surface area contributed by atoms with Gasteiger partial charge in [0.05, 0.1) is 18.2 Å². The van der Waals surface area contributed by atoms with Crippen LogP contribution in [0.25, 0.3) is 0 Å². The fourth-order valence-electron chi connectivity index (χ4n) is 2.62. The van der Waals surface area contributed by atoms with E-state index in [-0.39, 0.29) is 11.5 Å². The fourth-order valence-corrected chi connectivity index (χ4v) is 3.01. The summed E-state index contributed by atoms with van der Waals surface area (Å²) in [6, 6.07) is 8.01. The van der Waals surface area contributed by atoms with Crippen LogP contribution in [0.2, 0.25) is 0 Å². The highest BCUT2D eigenvalue weighted by molar-refractivity contribution is 9.10. The van der Waals surface area contributed by atoms with E-state index in [9.17, 15) is 4.79 Å². The SMILES string of the molecule is CCCc1nc(C2COc3ccccc3C2)[nH]c(=O)c1Br. The van der Waals surface area contributed by atoms with Gasteiger partial charge in [0.25, 0.3) is 5.56 Å². The number of hydrogen-bond acceptors (Lipinski definition) is 3. The van der Waals surface area contributed by atoms with Crippen molar-refractivity contribution in [2.75, 3.05) is 6.61 Å². The average Bonchev–Trinajstić information content (AvgIpc) is 2.51. The molecule has 2 aromatic rings. The first-order chi connectivity index (χ1) is 10.2. The van der Waals surface area contributed by atoms with Crippen molar-refractivity contribution in [1.29, 1.82) is 0 Å². The van der Waals surface area contributed by atoms with Crippen LogP contribution >= 0.6 is 15.9 Å². The van der Waals surface area contributed by atoms with Crippen molar-refractivity contribution in [2.45, 2.75) is 32.1 Å². The summed E-state index contributed by atoms with van der Waals surface area (Å²) in [5, 5.41) is 0. The number of benzene rings is 1. The lowest BCUT2D eigenvalue weighted by molar-refractivity contribution is 0.257. The first-order valence-electron chi connectivity index (χ1n) is 7.18. The Morgan fingerprint density at radius 1 is 1.43 bits per heavy atom. The lowest BCUT2D eigenvalue weighted by Crippen LogP contribution is -2.25. The number of aryl methyl sites for hydroxylation is 1. The highest BCUT2D eigenvalue weighted by atomic mass is 79.9. The van der Waals surface area contributed by atoms with Gasteiger partial charge < -0.3 is 9.72 Å². The summed E-state index contributed by atoms with van der Waals surface area (Å²) in [7, 11) is 0. The van der Waals surface area contributed by atoms with Gasteiger partial charge in [-0.3, -0.25) is 4.79 Å². The van der Waals surface area contributed by atoms with Crippen molar-refractivity contribution in [2.24, 2.45) is 0 Å². The van der Waals surface area contributed by atoms with E-state index in [2.05, 4.69) is 38.9 Å². The number of H-pyrrole nitrogens is 1. The standard InChI is InChI=1S/C16H17BrN2O2/c1-2-5-12-14(17)16(20)19-15(18-12)11-8-10-6-3-4-7-13(10)21-9-11/h3-4,6-7,11H,2,5,8-9H2,1H3,(H,18,19,20). The molecule has 4 nitrogen and oxygen atoms in total. The van der Waals surface area contributed by atoms with Crippen LogP contribution < -0.4 is 10.3 Å². The summed E-state index contributed by atoms with van der Waals surface area (Å²) >= 11 is 3.33. The number of nitrogens with zero attached hydrogens (tertiary/aromatic N) is 1. The third-order valence-corrected chi connectivity index (χ3v) is 4.52. The third kappa shape index (κ3) is 2.88. The molecule has 1 N–H and O–H groups in total. The second kappa shape index (κ2) is 6.02. The molecule has 0 amide bonds. The van der Waals surface area contributed by atoms with Crippen molar-refractivity contribution in [3.8, 4) is 5.75 Å². The van der Waals surface area contributed by atoms with Gasteiger partial charge in [-0.15, -0.1) is 0 Å². The molecule has 0 aliphatic carbocycles. The number of fused-ring (bicyclic) bond motifs is 1. The maximum Gasteiger partial charge on any atom is 0.265 e. The van der Waals surface area contributed by atoms with Gasteiger partial charge >= 0.3 is 0 Å². The van der Waals surface area contributed by atoms with E-state index >= 15 is 0 Å². The first kappa shape index (κ1) is 14.3. The second-order valence-corrected chi connectivity index (χ2v) is 6.07. The summed E-state index contributed by atoms with van der Waals surface area (Å²) in [5.74, 6) is 1.75. The van der Waals surface area contributed by atoms with Gasteiger partial charge in [-0.05, 0) is 40.4 Å². The second-order valence-electron chi connectivity index (χ2n) is 5.28. The zero-order valence-electron chi connectivity index (χ0n) is 11.9. The van der Waals surface area contributed by atoms with Gasteiger partial charge in [0.15, 0.2) is 0 Å². The lowest BCUT2D eigenvalue weighted by Gasteiger charge is -2.24. The molecule has 3 rings (SSSR count). The number of aromatic amines is 1. The predicted molar refractivity (Wildman–Crippen MR) is 84.9 cm³/mol. The molecule has 0 saturated heterocycles. The molecule has 0 radical (unpaired) electrons. The highest BCUT2D eigenvalue weighted by Gasteiger charge is 2.24. The van der Waals surface area contributed by atoms with E-state index in [1.807, 2.05) is 18.2 Å². The Hall–Kier alpha value is -1.62. The molecule has 0 fully saturated rings. The number of hydrogen-bond donors (Lipinski definition) is 1. The normalized spacial score (nSPS) is 17.1. The third-order valence-electron chi connectivity index (χ3n) is 3.70. The van der Waals surface area contributed by atoms with Crippen LogP contribution in [-0.2, 0) is 12.8 Å². The van der Waals surface area contributed by atoms with Crippen LogP contribution in [0.1, 0.15) is 36.3 Å². The lowest BCUT2D eigenvalue weighted by atomic mass is 9.96. The summed E-state index contributed by atoms with van der Waals surface area (Å²) < 4.78 is 6.33. The molecule has 110 valence electrons. The quantitative estimate of drug-likeness (QED) is 0.926. The number of para-hydroxylation sites is 1. The molecule has 1 unspecified atom stereocenters. The van der Waals surface area contributed by atoms with Crippen molar-refractivity contribution >= 4 is 15.9 Å². The fraction of sp³-hybridized carbons (Fsp3) is 0.375. The molecule has 21 heavy (non-hydrogen) atoms. The van der Waals surface area contributed by atoms with Crippen molar-refractivity contribution in [3.63, 3.8) is 0 Å².